The van der Waals surface area contributed by atoms with Crippen molar-refractivity contribution in [2.24, 2.45) is 4.99 Å². The van der Waals surface area contributed by atoms with Crippen LogP contribution in [0.3, 0.4) is 0 Å². The molecule has 0 saturated heterocycles. The number of hydrogen-bond acceptors (Lipinski definition) is 3. The van der Waals surface area contributed by atoms with Crippen molar-refractivity contribution in [2.45, 2.75) is 13.3 Å². The lowest BCUT2D eigenvalue weighted by Gasteiger charge is -2.24. The second-order valence-electron chi connectivity index (χ2n) is 3.04. The predicted octanol–water partition coefficient (Wildman–Crippen LogP) is 1.87. The first-order valence-electron chi connectivity index (χ1n) is 4.85. The zero-order valence-electron chi connectivity index (χ0n) is 8.61. The largest absolute Gasteiger partial charge is 0.298 e. The Kier molecular flexibility index (Phi) is 4.55. The number of nitrogens with one attached hydrogen (secondary N) is 1. The van der Waals surface area contributed by atoms with E-state index in [-0.39, 0.29) is 0 Å². The van der Waals surface area contributed by atoms with Gasteiger partial charge in [0, 0.05) is 13.1 Å². The van der Waals surface area contributed by atoms with Crippen LogP contribution in [0.5, 0.6) is 0 Å². The third-order valence-corrected chi connectivity index (χ3v) is 1.82. The van der Waals surface area contributed by atoms with Gasteiger partial charge in [-0.2, -0.15) is 0 Å². The van der Waals surface area contributed by atoms with E-state index in [2.05, 4.69) is 17.0 Å². The minimum absolute atomic E-state index is 0.933. The van der Waals surface area contributed by atoms with Gasteiger partial charge in [0.25, 0.3) is 0 Å². The van der Waals surface area contributed by atoms with Gasteiger partial charge in [0.15, 0.2) is 0 Å². The fraction of sp³-hybridized carbons (Fsp3) is 0.364. The average Bonchev–Trinajstić information content (AvgIpc) is 2.20. The monoisotopic (exact) mass is 191 g/mol. The molecule has 0 spiro atoms. The molecule has 3 nitrogen and oxygen atoms in total. The molecule has 14 heavy (non-hydrogen) atoms. The first-order chi connectivity index (χ1) is 6.86. The van der Waals surface area contributed by atoms with E-state index in [1.54, 1.807) is 6.08 Å². The molecule has 0 aliphatic carbocycles. The molecule has 0 fully saturated rings. The summed E-state index contributed by atoms with van der Waals surface area (Å²) in [6.07, 6.45) is 10.6. The van der Waals surface area contributed by atoms with Gasteiger partial charge in [-0.15, -0.1) is 0 Å². The second-order valence-corrected chi connectivity index (χ2v) is 3.04. The Balaban J connectivity index is 2.54. The molecule has 0 aromatic carbocycles. The van der Waals surface area contributed by atoms with Gasteiger partial charge < -0.3 is 0 Å². The molecule has 1 aliphatic rings. The van der Waals surface area contributed by atoms with Crippen molar-refractivity contribution in [3.05, 3.63) is 36.6 Å². The summed E-state index contributed by atoms with van der Waals surface area (Å²) in [6, 6.07) is 0. The van der Waals surface area contributed by atoms with E-state index in [4.69, 9.17) is 0 Å². The molecule has 0 unspecified atom stereocenters. The molecular formula is C11H17N3. The highest BCUT2D eigenvalue weighted by Gasteiger charge is 2.03. The van der Waals surface area contributed by atoms with Crippen molar-refractivity contribution in [3.8, 4) is 0 Å². The van der Waals surface area contributed by atoms with E-state index in [0.29, 0.717) is 0 Å². The summed E-state index contributed by atoms with van der Waals surface area (Å²) in [7, 11) is 0. The van der Waals surface area contributed by atoms with Gasteiger partial charge in [-0.3, -0.25) is 15.4 Å². The van der Waals surface area contributed by atoms with Crippen LogP contribution >= 0.6 is 0 Å². The van der Waals surface area contributed by atoms with Crippen molar-refractivity contribution < 1.29 is 0 Å². The Bertz CT molecular complexity index is 264. The predicted molar refractivity (Wildman–Crippen MR) is 60.9 cm³/mol. The van der Waals surface area contributed by atoms with E-state index >= 15 is 0 Å². The van der Waals surface area contributed by atoms with E-state index in [1.807, 2.05) is 36.5 Å². The molecule has 0 aromatic heterocycles. The van der Waals surface area contributed by atoms with E-state index < -0.39 is 0 Å². The zero-order chi connectivity index (χ0) is 10.2. The summed E-state index contributed by atoms with van der Waals surface area (Å²) in [6.45, 7) is 7.59. The Morgan fingerprint density at radius 1 is 1.64 bits per heavy atom. The number of aliphatic imine (C=N–C) groups is 1. The highest BCUT2D eigenvalue weighted by atomic mass is 15.5. The van der Waals surface area contributed by atoms with Gasteiger partial charge in [-0.05, 0) is 25.5 Å². The molecule has 1 N–H and O–H groups in total. The second kappa shape index (κ2) is 6.02. The number of hydrogen-bond donors (Lipinski definition) is 1. The minimum atomic E-state index is 0.933. The van der Waals surface area contributed by atoms with Crippen LogP contribution in [0.1, 0.15) is 13.3 Å². The maximum absolute atomic E-state index is 4.19. The van der Waals surface area contributed by atoms with Crippen molar-refractivity contribution in [3.63, 3.8) is 0 Å². The third kappa shape index (κ3) is 3.47. The Morgan fingerprint density at radius 3 is 3.07 bits per heavy atom. The molecule has 1 rings (SSSR count). The topological polar surface area (TPSA) is 27.6 Å². The van der Waals surface area contributed by atoms with Crippen LogP contribution in [0.15, 0.2) is 41.6 Å². The lowest BCUT2D eigenvalue weighted by Crippen LogP contribution is -2.38. The SMILES string of the molecule is C=C/C=C(\C=C/C)NN1C=NCCC1. The highest BCUT2D eigenvalue weighted by molar-refractivity contribution is 5.55. The van der Waals surface area contributed by atoms with E-state index in [1.165, 1.54) is 0 Å². The fourth-order valence-electron chi connectivity index (χ4n) is 1.23. The summed E-state index contributed by atoms with van der Waals surface area (Å²) in [5, 5.41) is 1.98. The Labute approximate surface area is 85.5 Å². The molecule has 0 atom stereocenters. The molecule has 0 aromatic rings. The Morgan fingerprint density at radius 2 is 2.50 bits per heavy atom. The number of hydrazine groups is 1. The normalized spacial score (nSPS) is 17.5. The number of allylic oxidation sites excluding steroid dienone is 4. The molecule has 1 aliphatic heterocycles. The van der Waals surface area contributed by atoms with Crippen molar-refractivity contribution in [1.29, 1.82) is 0 Å². The summed E-state index contributed by atoms with van der Waals surface area (Å²) in [5.74, 6) is 0. The Hall–Kier alpha value is -1.51. The van der Waals surface area contributed by atoms with Gasteiger partial charge in [-0.25, -0.2) is 0 Å². The molecule has 0 saturated carbocycles. The summed E-state index contributed by atoms with van der Waals surface area (Å²) in [4.78, 5) is 4.19. The molecule has 0 radical (unpaired) electrons. The van der Waals surface area contributed by atoms with Crippen LogP contribution in [0, 0.1) is 0 Å². The van der Waals surface area contributed by atoms with E-state index in [0.717, 1.165) is 25.2 Å². The van der Waals surface area contributed by atoms with Crippen LogP contribution < -0.4 is 5.43 Å². The summed E-state index contributed by atoms with van der Waals surface area (Å²) < 4.78 is 0. The van der Waals surface area contributed by atoms with Crippen LogP contribution in [0.2, 0.25) is 0 Å². The molecule has 3 heteroatoms. The summed E-state index contributed by atoms with van der Waals surface area (Å²) in [5.41, 5.74) is 4.27. The standard InChI is InChI=1S/C11H17N3/c1-3-6-11(7-4-2)13-14-9-5-8-12-10-14/h3-4,6-7,10,13H,1,5,8-9H2,2H3/b7-4-,11-6+. The molecule has 76 valence electrons. The molecule has 0 bridgehead atoms. The smallest absolute Gasteiger partial charge is 0.104 e. The van der Waals surface area contributed by atoms with Crippen LogP contribution in [0.25, 0.3) is 0 Å². The molecule has 1 heterocycles. The van der Waals surface area contributed by atoms with Gasteiger partial charge in [0.05, 0.1) is 5.70 Å². The third-order valence-electron chi connectivity index (χ3n) is 1.82. The average molecular weight is 191 g/mol. The van der Waals surface area contributed by atoms with Crippen molar-refractivity contribution >= 4 is 6.34 Å². The van der Waals surface area contributed by atoms with Crippen LogP contribution in [-0.2, 0) is 0 Å². The number of nitrogens with zero attached hydrogens (tertiary/aromatic N) is 2. The molecular weight excluding hydrogens is 174 g/mol. The van der Waals surface area contributed by atoms with Gasteiger partial charge in [-0.1, -0.05) is 18.7 Å². The lowest BCUT2D eigenvalue weighted by molar-refractivity contribution is 0.341. The fourth-order valence-corrected chi connectivity index (χ4v) is 1.23. The van der Waals surface area contributed by atoms with Gasteiger partial charge in [0.1, 0.15) is 6.34 Å². The zero-order valence-corrected chi connectivity index (χ0v) is 8.61. The minimum Gasteiger partial charge on any atom is -0.298 e. The first kappa shape index (κ1) is 10.6. The van der Waals surface area contributed by atoms with Crippen molar-refractivity contribution in [1.82, 2.24) is 10.4 Å². The maximum atomic E-state index is 4.19. The highest BCUT2D eigenvalue weighted by Crippen LogP contribution is 1.98. The number of rotatable bonds is 4. The van der Waals surface area contributed by atoms with Crippen molar-refractivity contribution in [2.75, 3.05) is 13.1 Å². The lowest BCUT2D eigenvalue weighted by atomic mass is 10.3. The quantitative estimate of drug-likeness (QED) is 0.687. The summed E-state index contributed by atoms with van der Waals surface area (Å²) >= 11 is 0. The first-order valence-corrected chi connectivity index (χ1v) is 4.85. The maximum Gasteiger partial charge on any atom is 0.104 e. The van der Waals surface area contributed by atoms with E-state index in [9.17, 15) is 0 Å². The molecule has 0 amide bonds. The van der Waals surface area contributed by atoms with Crippen LogP contribution in [-0.4, -0.2) is 24.4 Å². The van der Waals surface area contributed by atoms with Crippen LogP contribution in [0.4, 0.5) is 0 Å². The van der Waals surface area contributed by atoms with Gasteiger partial charge in [0.2, 0.25) is 0 Å². The van der Waals surface area contributed by atoms with Gasteiger partial charge >= 0.3 is 0 Å².